The molecule has 1 atom stereocenters. The van der Waals surface area contributed by atoms with Crippen LogP contribution in [0.1, 0.15) is 33.3 Å². The molecule has 17 heavy (non-hydrogen) atoms. The standard InChI is InChI=1S/C13H22N2O2/c1-9(2)13(16,8-14)11-5-12(7-15-6-11)17-10(3)4/h5-7,9-10,16H,8,14H2,1-4H3. The van der Waals surface area contributed by atoms with Crippen molar-refractivity contribution in [2.24, 2.45) is 11.7 Å². The smallest absolute Gasteiger partial charge is 0.138 e. The molecule has 0 aliphatic carbocycles. The van der Waals surface area contributed by atoms with E-state index in [1.165, 1.54) is 0 Å². The molecule has 1 rings (SSSR count). The van der Waals surface area contributed by atoms with Crippen molar-refractivity contribution in [3.05, 3.63) is 24.0 Å². The lowest BCUT2D eigenvalue weighted by molar-refractivity contribution is -0.00173. The van der Waals surface area contributed by atoms with Gasteiger partial charge in [0.25, 0.3) is 0 Å². The molecule has 1 aromatic rings. The highest BCUT2D eigenvalue weighted by Gasteiger charge is 2.32. The highest BCUT2D eigenvalue weighted by atomic mass is 16.5. The quantitative estimate of drug-likeness (QED) is 0.818. The van der Waals surface area contributed by atoms with Gasteiger partial charge in [-0.3, -0.25) is 4.98 Å². The van der Waals surface area contributed by atoms with Gasteiger partial charge in [0, 0.05) is 18.3 Å². The monoisotopic (exact) mass is 238 g/mol. The second-order valence-electron chi connectivity index (χ2n) is 4.86. The zero-order valence-electron chi connectivity index (χ0n) is 11.0. The zero-order valence-corrected chi connectivity index (χ0v) is 11.0. The van der Waals surface area contributed by atoms with Gasteiger partial charge in [-0.15, -0.1) is 0 Å². The first-order valence-corrected chi connectivity index (χ1v) is 5.94. The number of rotatable bonds is 5. The van der Waals surface area contributed by atoms with Crippen molar-refractivity contribution in [3.8, 4) is 5.75 Å². The molecule has 0 radical (unpaired) electrons. The van der Waals surface area contributed by atoms with Crippen molar-refractivity contribution in [1.29, 1.82) is 0 Å². The molecule has 1 heterocycles. The molecule has 0 spiro atoms. The number of aliphatic hydroxyl groups is 1. The number of hydrogen-bond donors (Lipinski definition) is 2. The number of nitrogens with zero attached hydrogens (tertiary/aromatic N) is 1. The lowest BCUT2D eigenvalue weighted by atomic mass is 9.84. The van der Waals surface area contributed by atoms with Crippen LogP contribution in [0.5, 0.6) is 5.75 Å². The maximum absolute atomic E-state index is 10.5. The van der Waals surface area contributed by atoms with Gasteiger partial charge in [-0.2, -0.15) is 0 Å². The normalized spacial score (nSPS) is 15.1. The maximum atomic E-state index is 10.5. The minimum atomic E-state index is -1.05. The first-order chi connectivity index (χ1) is 7.90. The molecule has 3 N–H and O–H groups in total. The number of nitrogens with two attached hydrogens (primary N) is 1. The summed E-state index contributed by atoms with van der Waals surface area (Å²) in [5, 5.41) is 10.5. The Labute approximate surface area is 103 Å². The Morgan fingerprint density at radius 1 is 1.35 bits per heavy atom. The largest absolute Gasteiger partial charge is 0.489 e. The Morgan fingerprint density at radius 2 is 2.00 bits per heavy atom. The SMILES string of the molecule is CC(C)Oc1cncc(C(O)(CN)C(C)C)c1. The predicted molar refractivity (Wildman–Crippen MR) is 67.8 cm³/mol. The number of pyridine rings is 1. The van der Waals surface area contributed by atoms with Crippen LogP contribution in [0.4, 0.5) is 0 Å². The van der Waals surface area contributed by atoms with Gasteiger partial charge in [0.1, 0.15) is 11.4 Å². The molecule has 4 nitrogen and oxygen atoms in total. The Bertz CT molecular complexity index is 366. The molecule has 0 saturated heterocycles. The molecule has 1 aromatic heterocycles. The first kappa shape index (κ1) is 13.9. The van der Waals surface area contributed by atoms with Gasteiger partial charge in [0.15, 0.2) is 0 Å². The number of hydrogen-bond acceptors (Lipinski definition) is 4. The van der Waals surface area contributed by atoms with Crippen LogP contribution in [-0.4, -0.2) is 22.7 Å². The molecule has 4 heteroatoms. The highest BCUT2D eigenvalue weighted by Crippen LogP contribution is 2.30. The summed E-state index contributed by atoms with van der Waals surface area (Å²) >= 11 is 0. The fourth-order valence-electron chi connectivity index (χ4n) is 1.68. The summed E-state index contributed by atoms with van der Waals surface area (Å²) in [6.07, 6.45) is 3.36. The van der Waals surface area contributed by atoms with E-state index in [2.05, 4.69) is 4.98 Å². The van der Waals surface area contributed by atoms with Crippen molar-refractivity contribution >= 4 is 0 Å². The lowest BCUT2D eigenvalue weighted by Crippen LogP contribution is -2.40. The predicted octanol–water partition coefficient (Wildman–Crippen LogP) is 1.67. The molecule has 96 valence electrons. The molecule has 0 amide bonds. The molecule has 0 bridgehead atoms. The van der Waals surface area contributed by atoms with E-state index in [0.717, 1.165) is 0 Å². The minimum absolute atomic E-state index is 0.0172. The molecular weight excluding hydrogens is 216 g/mol. The third-order valence-electron chi connectivity index (χ3n) is 2.85. The number of ether oxygens (including phenoxy) is 1. The van der Waals surface area contributed by atoms with Crippen LogP contribution in [0, 0.1) is 5.92 Å². The van der Waals surface area contributed by atoms with E-state index < -0.39 is 5.60 Å². The first-order valence-electron chi connectivity index (χ1n) is 5.94. The topological polar surface area (TPSA) is 68.4 Å². The molecular formula is C13H22N2O2. The Hall–Kier alpha value is -1.13. The summed E-state index contributed by atoms with van der Waals surface area (Å²) in [6, 6.07) is 1.81. The molecule has 0 aromatic carbocycles. The Balaban J connectivity index is 3.05. The summed E-state index contributed by atoms with van der Waals surface area (Å²) in [5.41, 5.74) is 5.32. The van der Waals surface area contributed by atoms with Gasteiger partial charge in [-0.25, -0.2) is 0 Å². The second kappa shape index (κ2) is 5.47. The molecule has 0 fully saturated rings. The molecule has 0 aliphatic heterocycles. The number of aromatic nitrogens is 1. The van der Waals surface area contributed by atoms with Crippen molar-refractivity contribution in [3.63, 3.8) is 0 Å². The van der Waals surface area contributed by atoms with Crippen LogP contribution in [0.15, 0.2) is 18.5 Å². The van der Waals surface area contributed by atoms with E-state index in [-0.39, 0.29) is 18.6 Å². The van der Waals surface area contributed by atoms with Gasteiger partial charge < -0.3 is 15.6 Å². The summed E-state index contributed by atoms with van der Waals surface area (Å²) in [6.45, 7) is 7.93. The van der Waals surface area contributed by atoms with Crippen molar-refractivity contribution in [2.45, 2.75) is 39.4 Å². The molecule has 0 aliphatic rings. The van der Waals surface area contributed by atoms with E-state index in [1.807, 2.05) is 27.7 Å². The average Bonchev–Trinajstić information content (AvgIpc) is 2.27. The van der Waals surface area contributed by atoms with E-state index in [1.54, 1.807) is 18.5 Å². The van der Waals surface area contributed by atoms with Crippen molar-refractivity contribution < 1.29 is 9.84 Å². The van der Waals surface area contributed by atoms with E-state index in [9.17, 15) is 5.11 Å². The minimum Gasteiger partial charge on any atom is -0.489 e. The fraction of sp³-hybridized carbons (Fsp3) is 0.615. The van der Waals surface area contributed by atoms with Crippen LogP contribution in [0.25, 0.3) is 0 Å². The molecule has 1 unspecified atom stereocenters. The molecule has 0 saturated carbocycles. The third kappa shape index (κ3) is 3.17. The van der Waals surface area contributed by atoms with E-state index >= 15 is 0 Å². The van der Waals surface area contributed by atoms with Crippen LogP contribution in [0.2, 0.25) is 0 Å². The second-order valence-corrected chi connectivity index (χ2v) is 4.86. The van der Waals surface area contributed by atoms with Gasteiger partial charge >= 0.3 is 0 Å². The fourth-order valence-corrected chi connectivity index (χ4v) is 1.68. The Kier molecular flexibility index (Phi) is 4.48. The summed E-state index contributed by atoms with van der Waals surface area (Å²) in [7, 11) is 0. The summed E-state index contributed by atoms with van der Waals surface area (Å²) < 4.78 is 5.56. The van der Waals surface area contributed by atoms with Crippen LogP contribution < -0.4 is 10.5 Å². The summed E-state index contributed by atoms with van der Waals surface area (Å²) in [4.78, 5) is 4.09. The van der Waals surface area contributed by atoms with Gasteiger partial charge in [-0.05, 0) is 25.8 Å². The van der Waals surface area contributed by atoms with Crippen LogP contribution in [0.3, 0.4) is 0 Å². The Morgan fingerprint density at radius 3 is 2.47 bits per heavy atom. The van der Waals surface area contributed by atoms with Gasteiger partial charge in [-0.1, -0.05) is 13.8 Å². The van der Waals surface area contributed by atoms with Gasteiger partial charge in [0.2, 0.25) is 0 Å². The van der Waals surface area contributed by atoms with E-state index in [4.69, 9.17) is 10.5 Å². The van der Waals surface area contributed by atoms with Crippen molar-refractivity contribution in [2.75, 3.05) is 6.54 Å². The highest BCUT2D eigenvalue weighted by molar-refractivity contribution is 5.29. The van der Waals surface area contributed by atoms with E-state index in [0.29, 0.717) is 11.3 Å². The van der Waals surface area contributed by atoms with Crippen molar-refractivity contribution in [1.82, 2.24) is 4.98 Å². The van der Waals surface area contributed by atoms with Crippen LogP contribution in [-0.2, 0) is 5.60 Å². The van der Waals surface area contributed by atoms with Crippen LogP contribution >= 0.6 is 0 Å². The average molecular weight is 238 g/mol. The van der Waals surface area contributed by atoms with Gasteiger partial charge in [0.05, 0.1) is 12.3 Å². The lowest BCUT2D eigenvalue weighted by Gasteiger charge is -2.31. The summed E-state index contributed by atoms with van der Waals surface area (Å²) in [5.74, 6) is 0.675. The maximum Gasteiger partial charge on any atom is 0.138 e. The zero-order chi connectivity index (χ0) is 13.1. The third-order valence-corrected chi connectivity index (χ3v) is 2.85.